The maximum atomic E-state index is 11.9. The molecule has 1 aromatic rings. The summed E-state index contributed by atoms with van der Waals surface area (Å²) in [6.07, 6.45) is 0. The third-order valence-electron chi connectivity index (χ3n) is 2.64. The van der Waals surface area contributed by atoms with Crippen LogP contribution in [0.3, 0.4) is 0 Å². The summed E-state index contributed by atoms with van der Waals surface area (Å²) in [5, 5.41) is 0. The van der Waals surface area contributed by atoms with Crippen molar-refractivity contribution in [2.24, 2.45) is 0 Å². The SMILES string of the molecule is O=C(CN1CCOCC1)c1ccc(I)cc1. The molecule has 1 fully saturated rings. The number of Topliss-reactive ketones (excluding diaryl/α,β-unsaturated/α-hetero) is 1. The highest BCUT2D eigenvalue weighted by Gasteiger charge is 2.15. The van der Waals surface area contributed by atoms with Crippen LogP contribution in [0.4, 0.5) is 0 Å². The van der Waals surface area contributed by atoms with Crippen LogP contribution in [0.2, 0.25) is 0 Å². The second-order valence-electron chi connectivity index (χ2n) is 3.82. The van der Waals surface area contributed by atoms with Gasteiger partial charge in [0.15, 0.2) is 5.78 Å². The van der Waals surface area contributed by atoms with Crippen molar-refractivity contribution in [3.8, 4) is 0 Å². The summed E-state index contributed by atoms with van der Waals surface area (Å²) in [6, 6.07) is 7.72. The number of rotatable bonds is 3. The molecule has 1 heterocycles. The Morgan fingerprint density at radius 2 is 1.88 bits per heavy atom. The van der Waals surface area contributed by atoms with Gasteiger partial charge in [-0.05, 0) is 34.7 Å². The van der Waals surface area contributed by atoms with Gasteiger partial charge in [-0.3, -0.25) is 9.69 Å². The van der Waals surface area contributed by atoms with Crippen LogP contribution in [0.5, 0.6) is 0 Å². The normalized spacial score (nSPS) is 17.3. The molecule has 86 valence electrons. The highest BCUT2D eigenvalue weighted by Crippen LogP contribution is 2.08. The third kappa shape index (κ3) is 3.26. The monoisotopic (exact) mass is 331 g/mol. The van der Waals surface area contributed by atoms with Crippen molar-refractivity contribution in [2.75, 3.05) is 32.8 Å². The van der Waals surface area contributed by atoms with E-state index in [0.29, 0.717) is 6.54 Å². The minimum absolute atomic E-state index is 0.193. The molecule has 0 spiro atoms. The summed E-state index contributed by atoms with van der Waals surface area (Å²) >= 11 is 2.24. The molecule has 2 rings (SSSR count). The van der Waals surface area contributed by atoms with Gasteiger partial charge in [-0.1, -0.05) is 12.1 Å². The number of hydrogen-bond acceptors (Lipinski definition) is 3. The fourth-order valence-electron chi connectivity index (χ4n) is 1.69. The lowest BCUT2D eigenvalue weighted by Crippen LogP contribution is -2.39. The Balaban J connectivity index is 1.94. The van der Waals surface area contributed by atoms with E-state index < -0.39 is 0 Å². The first-order valence-electron chi connectivity index (χ1n) is 5.34. The van der Waals surface area contributed by atoms with Crippen molar-refractivity contribution in [2.45, 2.75) is 0 Å². The molecular formula is C12H14INO2. The molecule has 4 heteroatoms. The first-order chi connectivity index (χ1) is 7.75. The zero-order chi connectivity index (χ0) is 11.4. The summed E-state index contributed by atoms with van der Waals surface area (Å²) in [5.74, 6) is 0.193. The molecule has 0 N–H and O–H groups in total. The average molecular weight is 331 g/mol. The first-order valence-corrected chi connectivity index (χ1v) is 6.42. The molecule has 1 aliphatic heterocycles. The molecule has 0 unspecified atom stereocenters. The van der Waals surface area contributed by atoms with Gasteiger partial charge in [0.25, 0.3) is 0 Å². The van der Waals surface area contributed by atoms with Crippen LogP contribution in [-0.2, 0) is 4.74 Å². The molecule has 3 nitrogen and oxygen atoms in total. The summed E-state index contributed by atoms with van der Waals surface area (Å²) in [7, 11) is 0. The number of benzene rings is 1. The Kier molecular flexibility index (Phi) is 4.31. The van der Waals surface area contributed by atoms with Crippen molar-refractivity contribution in [1.82, 2.24) is 4.90 Å². The van der Waals surface area contributed by atoms with Gasteiger partial charge < -0.3 is 4.74 Å². The van der Waals surface area contributed by atoms with Crippen LogP contribution in [-0.4, -0.2) is 43.5 Å². The highest BCUT2D eigenvalue weighted by molar-refractivity contribution is 14.1. The maximum absolute atomic E-state index is 11.9. The van der Waals surface area contributed by atoms with E-state index in [1.807, 2.05) is 24.3 Å². The lowest BCUT2D eigenvalue weighted by Gasteiger charge is -2.25. The number of carbonyl (C=O) groups is 1. The smallest absolute Gasteiger partial charge is 0.176 e. The van der Waals surface area contributed by atoms with Crippen LogP contribution in [0, 0.1) is 3.57 Å². The molecular weight excluding hydrogens is 317 g/mol. The zero-order valence-electron chi connectivity index (χ0n) is 8.99. The van der Waals surface area contributed by atoms with E-state index >= 15 is 0 Å². The molecule has 0 bridgehead atoms. The molecule has 1 aliphatic rings. The average Bonchev–Trinajstić information content (AvgIpc) is 2.31. The highest BCUT2D eigenvalue weighted by atomic mass is 127. The van der Waals surface area contributed by atoms with E-state index in [4.69, 9.17) is 4.74 Å². The minimum atomic E-state index is 0.193. The Labute approximate surface area is 109 Å². The quantitative estimate of drug-likeness (QED) is 0.625. The predicted octanol–water partition coefficient (Wildman–Crippen LogP) is 1.81. The summed E-state index contributed by atoms with van der Waals surface area (Å²) in [6.45, 7) is 3.69. The number of ether oxygens (including phenoxy) is 1. The van der Waals surface area contributed by atoms with Crippen LogP contribution in [0.1, 0.15) is 10.4 Å². The van der Waals surface area contributed by atoms with Crippen LogP contribution < -0.4 is 0 Å². The van der Waals surface area contributed by atoms with E-state index in [2.05, 4.69) is 27.5 Å². The van der Waals surface area contributed by atoms with E-state index in [9.17, 15) is 4.79 Å². The molecule has 0 amide bonds. The number of ketones is 1. The minimum Gasteiger partial charge on any atom is -0.379 e. The molecule has 1 aromatic carbocycles. The fourth-order valence-corrected chi connectivity index (χ4v) is 2.05. The van der Waals surface area contributed by atoms with Crippen LogP contribution >= 0.6 is 22.6 Å². The van der Waals surface area contributed by atoms with Crippen LogP contribution in [0.25, 0.3) is 0 Å². The van der Waals surface area contributed by atoms with Gasteiger partial charge in [-0.25, -0.2) is 0 Å². The Bertz CT molecular complexity index is 358. The zero-order valence-corrected chi connectivity index (χ0v) is 11.1. The van der Waals surface area contributed by atoms with E-state index in [-0.39, 0.29) is 5.78 Å². The molecule has 0 saturated carbocycles. The summed E-state index contributed by atoms with van der Waals surface area (Å²) in [4.78, 5) is 14.1. The van der Waals surface area contributed by atoms with Gasteiger partial charge >= 0.3 is 0 Å². The second-order valence-corrected chi connectivity index (χ2v) is 5.06. The largest absolute Gasteiger partial charge is 0.379 e. The second kappa shape index (κ2) is 5.75. The van der Waals surface area contributed by atoms with Crippen molar-refractivity contribution in [3.63, 3.8) is 0 Å². The Morgan fingerprint density at radius 3 is 2.50 bits per heavy atom. The number of hydrogen-bond donors (Lipinski definition) is 0. The standard InChI is InChI=1S/C12H14INO2/c13-11-3-1-10(2-4-11)12(15)9-14-5-7-16-8-6-14/h1-4H,5-9H2. The molecule has 1 saturated heterocycles. The summed E-state index contributed by atoms with van der Waals surface area (Å²) < 4.78 is 6.40. The topological polar surface area (TPSA) is 29.5 Å². The number of carbonyl (C=O) groups excluding carboxylic acids is 1. The van der Waals surface area contributed by atoms with E-state index in [1.165, 1.54) is 0 Å². The number of halogens is 1. The van der Waals surface area contributed by atoms with Gasteiger partial charge in [-0.15, -0.1) is 0 Å². The van der Waals surface area contributed by atoms with Gasteiger partial charge in [0.05, 0.1) is 19.8 Å². The lowest BCUT2D eigenvalue weighted by molar-refractivity contribution is 0.0371. The lowest BCUT2D eigenvalue weighted by atomic mass is 10.1. The Hall–Kier alpha value is -0.460. The maximum Gasteiger partial charge on any atom is 0.176 e. The van der Waals surface area contributed by atoms with E-state index in [0.717, 1.165) is 35.4 Å². The summed E-state index contributed by atoms with van der Waals surface area (Å²) in [5.41, 5.74) is 0.798. The predicted molar refractivity (Wildman–Crippen MR) is 70.7 cm³/mol. The molecule has 0 atom stereocenters. The van der Waals surface area contributed by atoms with Gasteiger partial charge in [0.2, 0.25) is 0 Å². The van der Waals surface area contributed by atoms with Crippen molar-refractivity contribution in [1.29, 1.82) is 0 Å². The molecule has 16 heavy (non-hydrogen) atoms. The molecule has 0 aliphatic carbocycles. The van der Waals surface area contributed by atoms with Crippen LogP contribution in [0.15, 0.2) is 24.3 Å². The molecule has 0 aromatic heterocycles. The third-order valence-corrected chi connectivity index (χ3v) is 3.36. The first kappa shape index (κ1) is 12.0. The van der Waals surface area contributed by atoms with Gasteiger partial charge in [-0.2, -0.15) is 0 Å². The van der Waals surface area contributed by atoms with Crippen molar-refractivity contribution >= 4 is 28.4 Å². The van der Waals surface area contributed by atoms with Gasteiger partial charge in [0.1, 0.15) is 0 Å². The van der Waals surface area contributed by atoms with Crippen molar-refractivity contribution < 1.29 is 9.53 Å². The number of morpholine rings is 1. The van der Waals surface area contributed by atoms with Crippen molar-refractivity contribution in [3.05, 3.63) is 33.4 Å². The Morgan fingerprint density at radius 1 is 1.25 bits per heavy atom. The van der Waals surface area contributed by atoms with E-state index in [1.54, 1.807) is 0 Å². The van der Waals surface area contributed by atoms with Gasteiger partial charge in [0, 0.05) is 22.2 Å². The number of nitrogens with zero attached hydrogens (tertiary/aromatic N) is 1. The fraction of sp³-hybridized carbons (Fsp3) is 0.417. The molecule has 0 radical (unpaired) electrons.